The first-order valence-electron chi connectivity index (χ1n) is 9.48. The minimum atomic E-state index is -0.579. The molecule has 2 fully saturated rings. The molecule has 2 aliphatic rings. The Bertz CT molecular complexity index is 633. The molecular formula is C18H29N5O3. The minimum absolute atomic E-state index is 0.0480. The molecule has 1 heterocycles. The second kappa shape index (κ2) is 8.18. The van der Waals surface area contributed by atoms with E-state index in [1.807, 2.05) is 6.92 Å². The number of aliphatic hydroxyl groups is 2. The smallest absolute Gasteiger partial charge is 0.254 e. The molecule has 0 unspecified atom stereocenters. The first-order chi connectivity index (χ1) is 12.4. The van der Waals surface area contributed by atoms with Crippen LogP contribution in [-0.2, 0) is 0 Å². The van der Waals surface area contributed by atoms with E-state index in [9.17, 15) is 15.0 Å². The van der Waals surface area contributed by atoms with Gasteiger partial charge in [0.2, 0.25) is 5.95 Å². The van der Waals surface area contributed by atoms with Gasteiger partial charge < -0.3 is 26.6 Å². The molecule has 0 bridgehead atoms. The van der Waals surface area contributed by atoms with E-state index >= 15 is 0 Å². The van der Waals surface area contributed by atoms with Gasteiger partial charge in [-0.1, -0.05) is 6.92 Å². The zero-order valence-corrected chi connectivity index (χ0v) is 15.2. The minimum Gasteiger partial charge on any atom is -0.393 e. The van der Waals surface area contributed by atoms with Crippen LogP contribution in [0.25, 0.3) is 0 Å². The number of nitrogens with zero attached hydrogens (tertiary/aromatic N) is 2. The molecule has 0 spiro atoms. The normalized spacial score (nSPS) is 32.0. The van der Waals surface area contributed by atoms with Gasteiger partial charge in [-0.3, -0.25) is 4.79 Å². The number of anilines is 2. The van der Waals surface area contributed by atoms with Crippen LogP contribution < -0.4 is 16.4 Å². The molecule has 8 heteroatoms. The third-order valence-corrected chi connectivity index (χ3v) is 5.58. The van der Waals surface area contributed by atoms with Gasteiger partial charge in [-0.15, -0.1) is 0 Å². The summed E-state index contributed by atoms with van der Waals surface area (Å²) in [6, 6.07) is 0.259. The Morgan fingerprint density at radius 1 is 1.12 bits per heavy atom. The predicted molar refractivity (Wildman–Crippen MR) is 98.9 cm³/mol. The van der Waals surface area contributed by atoms with Crippen LogP contribution in [0.4, 0.5) is 11.8 Å². The van der Waals surface area contributed by atoms with Gasteiger partial charge >= 0.3 is 0 Å². The second-order valence-electron chi connectivity index (χ2n) is 7.67. The lowest BCUT2D eigenvalue weighted by atomic mass is 9.85. The number of amides is 1. The molecule has 0 aromatic carbocycles. The van der Waals surface area contributed by atoms with E-state index < -0.39 is 5.91 Å². The summed E-state index contributed by atoms with van der Waals surface area (Å²) in [5, 5.41) is 26.3. The monoisotopic (exact) mass is 363 g/mol. The zero-order chi connectivity index (χ0) is 18.7. The van der Waals surface area contributed by atoms with Gasteiger partial charge in [0.1, 0.15) is 5.82 Å². The third kappa shape index (κ3) is 4.62. The van der Waals surface area contributed by atoms with Crippen molar-refractivity contribution >= 4 is 17.7 Å². The molecule has 8 nitrogen and oxygen atoms in total. The van der Waals surface area contributed by atoms with Crippen LogP contribution in [-0.4, -0.2) is 50.4 Å². The number of primary amides is 1. The molecule has 1 aromatic rings. The lowest BCUT2D eigenvalue weighted by molar-refractivity contribution is 0.0739. The first-order valence-corrected chi connectivity index (χ1v) is 9.48. The highest BCUT2D eigenvalue weighted by Crippen LogP contribution is 2.28. The van der Waals surface area contributed by atoms with E-state index in [0.29, 0.717) is 18.2 Å². The number of carbonyl (C=O) groups excluding carboxylic acids is 1. The summed E-state index contributed by atoms with van der Waals surface area (Å²) in [5.41, 5.74) is 5.71. The van der Waals surface area contributed by atoms with Crippen molar-refractivity contribution in [2.75, 3.05) is 10.6 Å². The summed E-state index contributed by atoms with van der Waals surface area (Å²) in [4.78, 5) is 20.4. The van der Waals surface area contributed by atoms with Crippen LogP contribution in [0, 0.1) is 5.92 Å². The Labute approximate surface area is 153 Å². The topological polar surface area (TPSA) is 133 Å². The number of aliphatic hydroxyl groups excluding tert-OH is 2. The fourth-order valence-electron chi connectivity index (χ4n) is 3.77. The maximum absolute atomic E-state index is 11.7. The van der Waals surface area contributed by atoms with Gasteiger partial charge in [-0.25, -0.2) is 4.98 Å². The largest absolute Gasteiger partial charge is 0.393 e. The summed E-state index contributed by atoms with van der Waals surface area (Å²) in [7, 11) is 0. The Kier molecular flexibility index (Phi) is 5.93. The van der Waals surface area contributed by atoms with E-state index in [1.54, 1.807) is 0 Å². The molecule has 2 aliphatic carbocycles. The van der Waals surface area contributed by atoms with Crippen molar-refractivity contribution in [2.45, 2.75) is 76.2 Å². The molecule has 6 N–H and O–H groups in total. The molecule has 0 saturated heterocycles. The standard InChI is InChI=1S/C18H29N5O3/c1-10-2-3-12(8-15(10)25)21-17-14(16(19)26)9-20-18(23-17)22-11-4-6-13(24)7-5-11/h9-13,15,24-25H,2-8H2,1H3,(H2,19,26)(H2,20,21,22,23)/t10-,11?,12-,13?,15-/m1/s1. The number of carbonyl (C=O) groups is 1. The van der Waals surface area contributed by atoms with E-state index in [0.717, 1.165) is 38.5 Å². The Morgan fingerprint density at radius 2 is 1.81 bits per heavy atom. The fraction of sp³-hybridized carbons (Fsp3) is 0.722. The fourth-order valence-corrected chi connectivity index (χ4v) is 3.77. The van der Waals surface area contributed by atoms with Crippen LogP contribution in [0.15, 0.2) is 6.20 Å². The van der Waals surface area contributed by atoms with Gasteiger partial charge in [0.25, 0.3) is 5.91 Å². The van der Waals surface area contributed by atoms with Gasteiger partial charge in [0, 0.05) is 18.3 Å². The van der Waals surface area contributed by atoms with E-state index in [4.69, 9.17) is 5.73 Å². The number of hydrogen-bond donors (Lipinski definition) is 5. The third-order valence-electron chi connectivity index (χ3n) is 5.58. The molecule has 0 aliphatic heterocycles. The number of rotatable bonds is 5. The molecule has 26 heavy (non-hydrogen) atoms. The molecular weight excluding hydrogens is 334 g/mol. The lowest BCUT2D eigenvalue weighted by Gasteiger charge is -2.32. The number of nitrogens with two attached hydrogens (primary N) is 1. The van der Waals surface area contributed by atoms with E-state index in [1.165, 1.54) is 6.20 Å². The van der Waals surface area contributed by atoms with Crippen LogP contribution >= 0.6 is 0 Å². The molecule has 1 aromatic heterocycles. The highest BCUT2D eigenvalue weighted by Gasteiger charge is 2.27. The average molecular weight is 363 g/mol. The summed E-state index contributed by atoms with van der Waals surface area (Å²) in [5.74, 6) is 0.568. The number of nitrogens with one attached hydrogen (secondary N) is 2. The SMILES string of the molecule is C[C@@H]1CC[C@@H](Nc2nc(NC3CCC(O)CC3)ncc2C(N)=O)C[C@H]1O. The van der Waals surface area contributed by atoms with Crippen molar-refractivity contribution in [3.05, 3.63) is 11.8 Å². The summed E-state index contributed by atoms with van der Waals surface area (Å²) in [6.07, 6.45) is 6.56. The maximum Gasteiger partial charge on any atom is 0.254 e. The summed E-state index contributed by atoms with van der Waals surface area (Å²) < 4.78 is 0. The molecule has 3 rings (SSSR count). The van der Waals surface area contributed by atoms with Gasteiger partial charge in [-0.05, 0) is 50.9 Å². The zero-order valence-electron chi connectivity index (χ0n) is 15.2. The highest BCUT2D eigenvalue weighted by atomic mass is 16.3. The quantitative estimate of drug-likeness (QED) is 0.531. The molecule has 1 amide bonds. The lowest BCUT2D eigenvalue weighted by Crippen LogP contribution is -2.36. The number of hydrogen-bond acceptors (Lipinski definition) is 7. The van der Waals surface area contributed by atoms with Crippen molar-refractivity contribution in [3.63, 3.8) is 0 Å². The molecule has 144 valence electrons. The van der Waals surface area contributed by atoms with Crippen LogP contribution in [0.3, 0.4) is 0 Å². The van der Waals surface area contributed by atoms with Crippen LogP contribution in [0.5, 0.6) is 0 Å². The van der Waals surface area contributed by atoms with Crippen molar-refractivity contribution in [1.29, 1.82) is 0 Å². The van der Waals surface area contributed by atoms with Crippen molar-refractivity contribution in [2.24, 2.45) is 11.7 Å². The van der Waals surface area contributed by atoms with Gasteiger partial charge in [0.05, 0.1) is 17.8 Å². The molecule has 2 saturated carbocycles. The Balaban J connectivity index is 1.71. The number of aromatic nitrogens is 2. The summed E-state index contributed by atoms with van der Waals surface area (Å²) in [6.45, 7) is 2.05. The molecule has 3 atom stereocenters. The Morgan fingerprint density at radius 3 is 2.46 bits per heavy atom. The van der Waals surface area contributed by atoms with E-state index in [2.05, 4.69) is 20.6 Å². The average Bonchev–Trinajstić information content (AvgIpc) is 2.60. The van der Waals surface area contributed by atoms with Gasteiger partial charge in [-0.2, -0.15) is 4.98 Å². The summed E-state index contributed by atoms with van der Waals surface area (Å²) >= 11 is 0. The van der Waals surface area contributed by atoms with E-state index in [-0.39, 0.29) is 35.8 Å². The van der Waals surface area contributed by atoms with Crippen molar-refractivity contribution in [1.82, 2.24) is 9.97 Å². The second-order valence-corrected chi connectivity index (χ2v) is 7.67. The van der Waals surface area contributed by atoms with Crippen LogP contribution in [0.1, 0.15) is 62.2 Å². The van der Waals surface area contributed by atoms with Crippen molar-refractivity contribution in [3.8, 4) is 0 Å². The first kappa shape index (κ1) is 18.8. The molecule has 0 radical (unpaired) electrons. The maximum atomic E-state index is 11.7. The highest BCUT2D eigenvalue weighted by molar-refractivity contribution is 5.97. The Hall–Kier alpha value is -1.93. The van der Waals surface area contributed by atoms with Crippen LogP contribution in [0.2, 0.25) is 0 Å². The van der Waals surface area contributed by atoms with Gasteiger partial charge in [0.15, 0.2) is 0 Å². The predicted octanol–water partition coefficient (Wildman–Crippen LogP) is 1.25. The van der Waals surface area contributed by atoms with Crippen molar-refractivity contribution < 1.29 is 15.0 Å².